The summed E-state index contributed by atoms with van der Waals surface area (Å²) in [6.45, 7) is 4.97. The van der Waals surface area contributed by atoms with Gasteiger partial charge >= 0.3 is 0 Å². The molecule has 0 fully saturated rings. The van der Waals surface area contributed by atoms with Crippen molar-refractivity contribution in [1.82, 2.24) is 5.06 Å². The standard InChI is InChI=1S/C15H21N2O4P/c1-4-12-6-5-7-13(8-12)10-17(20)15(19)9-16-14(18)11-22(2,3)21/h5-9,20H,4,10-11H2,1-3H3. The molecule has 0 radical (unpaired) electrons. The van der Waals surface area contributed by atoms with Crippen LogP contribution in [0.5, 0.6) is 0 Å². The number of hydroxylamine groups is 2. The van der Waals surface area contributed by atoms with Gasteiger partial charge in [-0.3, -0.25) is 14.8 Å². The van der Waals surface area contributed by atoms with Gasteiger partial charge in [0.05, 0.1) is 26.1 Å². The second-order valence-corrected chi connectivity index (χ2v) is 8.92. The Morgan fingerprint density at radius 2 is 1.95 bits per heavy atom. The van der Waals surface area contributed by atoms with Crippen molar-refractivity contribution < 1.29 is 19.4 Å². The molecule has 22 heavy (non-hydrogen) atoms. The van der Waals surface area contributed by atoms with Crippen molar-refractivity contribution in [3.63, 3.8) is 0 Å². The monoisotopic (exact) mass is 324 g/mol. The van der Waals surface area contributed by atoms with Gasteiger partial charge in [-0.2, -0.15) is 0 Å². The molecule has 120 valence electrons. The van der Waals surface area contributed by atoms with E-state index in [-0.39, 0.29) is 12.7 Å². The average molecular weight is 324 g/mol. The Bertz CT molecular complexity index is 622. The van der Waals surface area contributed by atoms with Crippen LogP contribution in [-0.2, 0) is 27.1 Å². The highest BCUT2D eigenvalue weighted by atomic mass is 31.2. The summed E-state index contributed by atoms with van der Waals surface area (Å²) in [5, 5.41) is 10.2. The van der Waals surface area contributed by atoms with Gasteiger partial charge in [-0.15, -0.1) is 0 Å². The number of aliphatic imine (C=N–C) groups is 1. The highest BCUT2D eigenvalue weighted by Crippen LogP contribution is 2.35. The summed E-state index contributed by atoms with van der Waals surface area (Å²) >= 11 is 0. The minimum absolute atomic E-state index is 0.00688. The van der Waals surface area contributed by atoms with Gasteiger partial charge in [0.1, 0.15) is 0 Å². The van der Waals surface area contributed by atoms with Crippen molar-refractivity contribution in [3.8, 4) is 0 Å². The molecule has 1 aromatic rings. The summed E-state index contributed by atoms with van der Waals surface area (Å²) in [5.41, 5.74) is 1.88. The van der Waals surface area contributed by atoms with Crippen LogP contribution in [0.1, 0.15) is 18.1 Å². The van der Waals surface area contributed by atoms with Crippen molar-refractivity contribution >= 4 is 25.2 Å². The first-order valence-electron chi connectivity index (χ1n) is 6.90. The molecule has 0 unspecified atom stereocenters. The number of carbonyl (C=O) groups is 2. The molecule has 0 aliphatic heterocycles. The lowest BCUT2D eigenvalue weighted by Crippen LogP contribution is -2.28. The number of carbonyl (C=O) groups excluding carboxylic acids is 2. The maximum absolute atomic E-state index is 11.7. The molecule has 0 heterocycles. The van der Waals surface area contributed by atoms with Crippen LogP contribution in [0.3, 0.4) is 0 Å². The molecule has 2 amide bonds. The third-order valence-corrected chi connectivity index (χ3v) is 3.85. The largest absolute Gasteiger partial charge is 0.324 e. The van der Waals surface area contributed by atoms with Crippen molar-refractivity contribution in [2.45, 2.75) is 19.9 Å². The molecule has 6 nitrogen and oxygen atoms in total. The summed E-state index contributed by atoms with van der Waals surface area (Å²) in [7, 11) is -2.52. The predicted molar refractivity (Wildman–Crippen MR) is 86.0 cm³/mol. The fourth-order valence-corrected chi connectivity index (χ4v) is 2.49. The van der Waals surface area contributed by atoms with Crippen molar-refractivity contribution in [3.05, 3.63) is 35.4 Å². The van der Waals surface area contributed by atoms with Crippen LogP contribution in [0, 0.1) is 0 Å². The quantitative estimate of drug-likeness (QED) is 0.376. The molecule has 0 saturated carbocycles. The third-order valence-electron chi connectivity index (χ3n) is 2.82. The number of hydrogen-bond donors (Lipinski definition) is 1. The maximum Gasteiger partial charge on any atom is 0.288 e. The van der Waals surface area contributed by atoms with E-state index in [1.54, 1.807) is 6.07 Å². The zero-order chi connectivity index (χ0) is 16.8. The van der Waals surface area contributed by atoms with E-state index in [0.717, 1.165) is 23.8 Å². The van der Waals surface area contributed by atoms with Gasteiger partial charge in [-0.25, -0.2) is 10.1 Å². The highest BCUT2D eigenvalue weighted by molar-refractivity contribution is 7.63. The molecule has 7 heteroatoms. The van der Waals surface area contributed by atoms with E-state index in [4.69, 9.17) is 0 Å². The predicted octanol–water partition coefficient (Wildman–Crippen LogP) is 2.19. The normalized spacial score (nSPS) is 11.6. The Morgan fingerprint density at radius 1 is 1.32 bits per heavy atom. The Morgan fingerprint density at radius 3 is 2.55 bits per heavy atom. The molecule has 0 saturated heterocycles. The number of nitrogens with zero attached hydrogens (tertiary/aromatic N) is 2. The average Bonchev–Trinajstić information content (AvgIpc) is 2.43. The Balaban J connectivity index is 2.61. The molecule has 0 bridgehead atoms. The van der Waals surface area contributed by atoms with Crippen molar-refractivity contribution in [2.24, 2.45) is 4.99 Å². The lowest BCUT2D eigenvalue weighted by molar-refractivity contribution is -0.159. The number of hydrogen-bond acceptors (Lipinski definition) is 4. The Hall–Kier alpha value is -1.78. The molecule has 0 aliphatic rings. The summed E-state index contributed by atoms with van der Waals surface area (Å²) in [4.78, 5) is 26.5. The minimum atomic E-state index is -2.52. The van der Waals surface area contributed by atoms with E-state index in [1.165, 1.54) is 13.3 Å². The smallest absolute Gasteiger partial charge is 0.288 e. The van der Waals surface area contributed by atoms with Crippen LogP contribution in [0.15, 0.2) is 29.3 Å². The molecule has 0 aliphatic carbocycles. The summed E-state index contributed by atoms with van der Waals surface area (Å²) in [5.74, 6) is -1.43. The molecule has 0 atom stereocenters. The van der Waals surface area contributed by atoms with Gasteiger partial charge in [0.2, 0.25) is 0 Å². The first-order chi connectivity index (χ1) is 10.2. The number of benzene rings is 1. The molecule has 1 rings (SSSR count). The first-order valence-corrected chi connectivity index (χ1v) is 9.69. The van der Waals surface area contributed by atoms with Crippen LogP contribution in [0.2, 0.25) is 0 Å². The zero-order valence-corrected chi connectivity index (χ0v) is 13.9. The summed E-state index contributed by atoms with van der Waals surface area (Å²) in [6.07, 6.45) is 1.42. The summed E-state index contributed by atoms with van der Waals surface area (Å²) in [6, 6.07) is 7.50. The maximum atomic E-state index is 11.7. The molecular weight excluding hydrogens is 303 g/mol. The number of aryl methyl sites for hydroxylation is 1. The second-order valence-electron chi connectivity index (χ2n) is 5.45. The number of rotatable bonds is 6. The van der Waals surface area contributed by atoms with Gasteiger partial charge in [-0.1, -0.05) is 31.2 Å². The molecule has 0 spiro atoms. The van der Waals surface area contributed by atoms with Crippen LogP contribution in [-0.4, -0.2) is 47.8 Å². The van der Waals surface area contributed by atoms with Gasteiger partial charge in [0, 0.05) is 0 Å². The van der Waals surface area contributed by atoms with Gasteiger partial charge in [-0.05, 0) is 30.9 Å². The Kier molecular flexibility index (Phi) is 6.65. The zero-order valence-electron chi connectivity index (χ0n) is 13.0. The third kappa shape index (κ3) is 6.78. The van der Waals surface area contributed by atoms with Crippen molar-refractivity contribution in [2.75, 3.05) is 19.5 Å². The van der Waals surface area contributed by atoms with E-state index in [9.17, 15) is 19.4 Å². The lowest BCUT2D eigenvalue weighted by atomic mass is 10.1. The SMILES string of the molecule is CCc1cccc(CN(O)C(=O)C=NC(=O)CP(C)(C)=O)c1. The van der Waals surface area contributed by atoms with E-state index >= 15 is 0 Å². The minimum Gasteiger partial charge on any atom is -0.324 e. The fraction of sp³-hybridized carbons (Fsp3) is 0.400. The molecular formula is C15H21N2O4P. The van der Waals surface area contributed by atoms with E-state index in [0.29, 0.717) is 5.06 Å². The van der Waals surface area contributed by atoms with Crippen molar-refractivity contribution in [1.29, 1.82) is 0 Å². The van der Waals surface area contributed by atoms with Gasteiger partial charge in [0.15, 0.2) is 0 Å². The van der Waals surface area contributed by atoms with Crippen LogP contribution >= 0.6 is 7.14 Å². The Labute approximate surface area is 130 Å². The highest BCUT2D eigenvalue weighted by Gasteiger charge is 2.14. The summed E-state index contributed by atoms with van der Waals surface area (Å²) < 4.78 is 11.5. The molecule has 1 N–H and O–H groups in total. The van der Waals surface area contributed by atoms with Gasteiger partial charge < -0.3 is 4.57 Å². The van der Waals surface area contributed by atoms with Crippen LogP contribution in [0.25, 0.3) is 0 Å². The topological polar surface area (TPSA) is 87.0 Å². The lowest BCUT2D eigenvalue weighted by Gasteiger charge is -2.13. The van der Waals surface area contributed by atoms with E-state index in [1.807, 2.05) is 25.1 Å². The van der Waals surface area contributed by atoms with Crippen LogP contribution < -0.4 is 0 Å². The second kappa shape index (κ2) is 8.01. The molecule has 0 aromatic heterocycles. The first kappa shape index (κ1) is 18.3. The van der Waals surface area contributed by atoms with Crippen LogP contribution in [0.4, 0.5) is 0 Å². The number of amides is 2. The molecule has 1 aromatic carbocycles. The fourth-order valence-electron chi connectivity index (χ4n) is 1.76. The van der Waals surface area contributed by atoms with Gasteiger partial charge in [0.25, 0.3) is 11.8 Å². The van der Waals surface area contributed by atoms with E-state index < -0.39 is 19.0 Å². The van der Waals surface area contributed by atoms with E-state index in [2.05, 4.69) is 4.99 Å².